The molecule has 0 amide bonds. The molecule has 0 spiro atoms. The van der Waals surface area contributed by atoms with E-state index in [-0.39, 0.29) is 5.56 Å². The second-order valence-corrected chi connectivity index (χ2v) is 5.12. The van der Waals surface area contributed by atoms with Crippen LogP contribution in [0.15, 0.2) is 16.6 Å². The van der Waals surface area contributed by atoms with Crippen LogP contribution in [0.4, 0.5) is 20.2 Å². The van der Waals surface area contributed by atoms with Gasteiger partial charge in [-0.2, -0.15) is 0 Å². The van der Waals surface area contributed by atoms with Crippen LogP contribution in [0.2, 0.25) is 0 Å². The number of hydrogen-bond acceptors (Lipinski definition) is 2. The number of nitrogen functional groups attached to an aromatic ring is 1. The van der Waals surface area contributed by atoms with E-state index in [4.69, 9.17) is 17.3 Å². The minimum Gasteiger partial charge on any atom is -0.397 e. The quantitative estimate of drug-likeness (QED) is 0.673. The molecule has 17 heavy (non-hydrogen) atoms. The molecule has 0 bridgehead atoms. The lowest BCUT2D eigenvalue weighted by Crippen LogP contribution is -2.21. The highest BCUT2D eigenvalue weighted by Gasteiger charge is 2.28. The van der Waals surface area contributed by atoms with E-state index >= 15 is 0 Å². The summed E-state index contributed by atoms with van der Waals surface area (Å²) in [6.45, 7) is 1.44. The molecule has 0 aliphatic heterocycles. The van der Waals surface area contributed by atoms with Gasteiger partial charge >= 0.3 is 0 Å². The van der Waals surface area contributed by atoms with E-state index < -0.39 is 5.92 Å². The van der Waals surface area contributed by atoms with Gasteiger partial charge in [0.05, 0.1) is 11.4 Å². The van der Waals surface area contributed by atoms with Crippen molar-refractivity contribution in [3.8, 4) is 0 Å². The van der Waals surface area contributed by atoms with Crippen LogP contribution >= 0.6 is 27.5 Å². The average molecular weight is 328 g/mol. The van der Waals surface area contributed by atoms with Crippen LogP contribution in [0.25, 0.3) is 0 Å². The van der Waals surface area contributed by atoms with Crippen molar-refractivity contribution in [1.29, 1.82) is 0 Å². The maximum Gasteiger partial charge on any atom is 0.271 e. The zero-order chi connectivity index (χ0) is 13.2. The van der Waals surface area contributed by atoms with Crippen molar-refractivity contribution in [3.63, 3.8) is 0 Å². The van der Waals surface area contributed by atoms with E-state index in [2.05, 4.69) is 15.9 Å². The maximum absolute atomic E-state index is 13.3. The van der Waals surface area contributed by atoms with Gasteiger partial charge in [0.15, 0.2) is 0 Å². The van der Waals surface area contributed by atoms with E-state index in [0.29, 0.717) is 28.3 Å². The van der Waals surface area contributed by atoms with Gasteiger partial charge in [-0.15, -0.1) is 11.6 Å². The number of hydrogen-bond donors (Lipinski definition) is 1. The second kappa shape index (κ2) is 5.40. The molecule has 1 aromatic carbocycles. The van der Waals surface area contributed by atoms with Crippen molar-refractivity contribution < 1.29 is 8.78 Å². The molecule has 0 saturated carbocycles. The Kier molecular flexibility index (Phi) is 4.61. The van der Waals surface area contributed by atoms with Crippen molar-refractivity contribution in [3.05, 3.63) is 22.2 Å². The Morgan fingerprint density at radius 2 is 2.06 bits per heavy atom. The summed E-state index contributed by atoms with van der Waals surface area (Å²) < 4.78 is 26.9. The SMILES string of the molecule is CN(CCCl)c1cc(Br)c(C(C)(F)F)cc1N. The number of alkyl halides is 3. The maximum atomic E-state index is 13.3. The van der Waals surface area contributed by atoms with Gasteiger partial charge in [-0.05, 0) is 12.1 Å². The Bertz CT molecular complexity index is 407. The first kappa shape index (κ1) is 14.5. The third kappa shape index (κ3) is 3.45. The fourth-order valence-electron chi connectivity index (χ4n) is 1.49. The summed E-state index contributed by atoms with van der Waals surface area (Å²) >= 11 is 8.77. The Balaban J connectivity index is 3.18. The zero-order valence-electron chi connectivity index (χ0n) is 9.61. The molecule has 0 unspecified atom stereocenters. The smallest absolute Gasteiger partial charge is 0.271 e. The highest BCUT2D eigenvalue weighted by molar-refractivity contribution is 9.10. The Morgan fingerprint density at radius 3 is 2.53 bits per heavy atom. The molecule has 1 aromatic rings. The highest BCUT2D eigenvalue weighted by Crippen LogP contribution is 2.38. The lowest BCUT2D eigenvalue weighted by molar-refractivity contribution is 0.0168. The van der Waals surface area contributed by atoms with Crippen LogP contribution in [0.5, 0.6) is 0 Å². The molecule has 0 radical (unpaired) electrons. The Morgan fingerprint density at radius 1 is 1.47 bits per heavy atom. The van der Waals surface area contributed by atoms with E-state index in [0.717, 1.165) is 6.92 Å². The summed E-state index contributed by atoms with van der Waals surface area (Å²) in [5.74, 6) is -2.48. The molecule has 2 nitrogen and oxygen atoms in total. The van der Waals surface area contributed by atoms with Gasteiger partial charge in [-0.1, -0.05) is 15.9 Å². The first-order valence-electron chi connectivity index (χ1n) is 5.01. The van der Waals surface area contributed by atoms with E-state index in [1.807, 2.05) is 11.9 Å². The average Bonchev–Trinajstić information content (AvgIpc) is 2.19. The highest BCUT2D eigenvalue weighted by atomic mass is 79.9. The molecule has 0 saturated heterocycles. The summed E-state index contributed by atoms with van der Waals surface area (Å²) in [6, 6.07) is 2.89. The van der Waals surface area contributed by atoms with E-state index in [1.54, 1.807) is 6.07 Å². The third-order valence-corrected chi connectivity index (χ3v) is 3.25. The fourth-order valence-corrected chi connectivity index (χ4v) is 2.43. The van der Waals surface area contributed by atoms with Crippen LogP contribution < -0.4 is 10.6 Å². The first-order valence-corrected chi connectivity index (χ1v) is 6.34. The largest absolute Gasteiger partial charge is 0.397 e. The lowest BCUT2D eigenvalue weighted by atomic mass is 10.1. The summed E-state index contributed by atoms with van der Waals surface area (Å²) in [6.07, 6.45) is 0. The topological polar surface area (TPSA) is 29.3 Å². The van der Waals surface area contributed by atoms with Gasteiger partial charge in [-0.3, -0.25) is 0 Å². The minimum absolute atomic E-state index is 0.113. The predicted octanol–water partition coefficient (Wildman–Crippen LogP) is 3.82. The van der Waals surface area contributed by atoms with Gasteiger partial charge in [-0.25, -0.2) is 8.78 Å². The standard InChI is InChI=1S/C11H14BrClF2N2/c1-11(14,15)7-5-9(16)10(6-8(7)12)17(2)4-3-13/h5-6H,3-4,16H2,1-2H3. The second-order valence-electron chi connectivity index (χ2n) is 3.89. The molecule has 0 aliphatic rings. The molecule has 6 heteroatoms. The minimum atomic E-state index is -2.92. The molecule has 0 fully saturated rings. The monoisotopic (exact) mass is 326 g/mol. The van der Waals surface area contributed by atoms with Gasteiger partial charge in [0.25, 0.3) is 5.92 Å². The van der Waals surface area contributed by atoms with Crippen LogP contribution in [0, 0.1) is 0 Å². The molecular formula is C11H14BrClF2N2. The third-order valence-electron chi connectivity index (χ3n) is 2.42. The van der Waals surface area contributed by atoms with Crippen LogP contribution in [-0.4, -0.2) is 19.5 Å². The van der Waals surface area contributed by atoms with Crippen LogP contribution in [0.1, 0.15) is 12.5 Å². The van der Waals surface area contributed by atoms with Crippen molar-refractivity contribution in [2.45, 2.75) is 12.8 Å². The van der Waals surface area contributed by atoms with Crippen molar-refractivity contribution in [2.75, 3.05) is 30.1 Å². The molecule has 0 heterocycles. The molecule has 0 aromatic heterocycles. The first-order chi connectivity index (χ1) is 7.77. The van der Waals surface area contributed by atoms with E-state index in [9.17, 15) is 8.78 Å². The fraction of sp³-hybridized carbons (Fsp3) is 0.455. The molecular weight excluding hydrogens is 313 g/mol. The Labute approximate surface area is 113 Å². The summed E-state index contributed by atoms with van der Waals surface area (Å²) in [7, 11) is 1.81. The number of halogens is 4. The normalized spacial score (nSPS) is 11.6. The van der Waals surface area contributed by atoms with Crippen molar-refractivity contribution in [2.24, 2.45) is 0 Å². The van der Waals surface area contributed by atoms with Gasteiger partial charge in [0.2, 0.25) is 0 Å². The molecule has 1 rings (SSSR count). The van der Waals surface area contributed by atoms with Crippen molar-refractivity contribution >= 4 is 38.9 Å². The molecule has 96 valence electrons. The summed E-state index contributed by atoms with van der Waals surface area (Å²) in [5.41, 5.74) is 6.67. The summed E-state index contributed by atoms with van der Waals surface area (Å²) in [5, 5.41) is 0. The Hall–Kier alpha value is -0.550. The number of anilines is 2. The van der Waals surface area contributed by atoms with Crippen LogP contribution in [0.3, 0.4) is 0 Å². The lowest BCUT2D eigenvalue weighted by Gasteiger charge is -2.22. The molecule has 0 atom stereocenters. The number of rotatable bonds is 4. The zero-order valence-corrected chi connectivity index (χ0v) is 11.9. The van der Waals surface area contributed by atoms with Gasteiger partial charge in [0.1, 0.15) is 0 Å². The number of nitrogens with zero attached hydrogens (tertiary/aromatic N) is 1. The summed E-state index contributed by atoms with van der Waals surface area (Å²) in [4.78, 5) is 1.82. The molecule has 2 N–H and O–H groups in total. The van der Waals surface area contributed by atoms with E-state index in [1.165, 1.54) is 6.07 Å². The number of benzene rings is 1. The van der Waals surface area contributed by atoms with Crippen LogP contribution in [-0.2, 0) is 5.92 Å². The van der Waals surface area contributed by atoms with Gasteiger partial charge < -0.3 is 10.6 Å². The number of nitrogens with two attached hydrogens (primary N) is 1. The predicted molar refractivity (Wildman–Crippen MR) is 72.1 cm³/mol. The molecule has 0 aliphatic carbocycles. The van der Waals surface area contributed by atoms with Crippen molar-refractivity contribution in [1.82, 2.24) is 0 Å². The van der Waals surface area contributed by atoms with Gasteiger partial charge in [0, 0.05) is 36.4 Å².